The molecule has 0 rings (SSSR count). The average Bonchev–Trinajstić information content (AvgIpc) is 1.27. The fraction of sp³-hybridized carbons (Fsp3) is 1.00. The summed E-state index contributed by atoms with van der Waals surface area (Å²) in [6.07, 6.45) is 0.579. The van der Waals surface area contributed by atoms with E-state index in [2.05, 4.69) is 12.6 Å². The largest absolute Gasteiger partial charge is 0.393 e. The number of aliphatic hydroxyl groups excluding tert-OH is 1. The predicted octanol–water partition coefficient (Wildman–Crippen LogP) is 1.08. The van der Waals surface area contributed by atoms with Gasteiger partial charge in [0.2, 0.25) is 0 Å². The second-order valence-electron chi connectivity index (χ2n) is 1.93. The Morgan fingerprint density at radius 3 is 2.00 bits per heavy atom. The van der Waals surface area contributed by atoms with Gasteiger partial charge >= 0.3 is 0 Å². The molecule has 0 aromatic rings. The van der Waals surface area contributed by atoms with Crippen LogP contribution < -0.4 is 0 Å². The van der Waals surface area contributed by atoms with Gasteiger partial charge in [-0.2, -0.15) is 12.6 Å². The zero-order valence-corrected chi connectivity index (χ0v) is 5.65. The normalized spacial score (nSPS) is 18.9. The van der Waals surface area contributed by atoms with E-state index in [9.17, 15) is 0 Å². The van der Waals surface area contributed by atoms with Gasteiger partial charge in [-0.15, -0.1) is 0 Å². The molecule has 1 N–H and O–H groups in total. The number of aliphatic hydroxyl groups is 1. The van der Waals surface area contributed by atoms with Gasteiger partial charge in [-0.3, -0.25) is 0 Å². The van der Waals surface area contributed by atoms with Crippen LogP contribution in [0.2, 0.25) is 0 Å². The summed E-state index contributed by atoms with van der Waals surface area (Å²) in [5.74, 6) is 0. The summed E-state index contributed by atoms with van der Waals surface area (Å²) >= 11 is 4.08. The molecule has 0 radical (unpaired) electrons. The van der Waals surface area contributed by atoms with E-state index in [1.807, 2.05) is 6.92 Å². The van der Waals surface area contributed by atoms with Crippen molar-refractivity contribution in [3.8, 4) is 0 Å². The quantitative estimate of drug-likeness (QED) is 0.522. The minimum Gasteiger partial charge on any atom is -0.393 e. The Balaban J connectivity index is 2.95. The van der Waals surface area contributed by atoms with Crippen LogP contribution in [0.5, 0.6) is 0 Å². The van der Waals surface area contributed by atoms with E-state index in [0.717, 1.165) is 6.42 Å². The smallest absolute Gasteiger partial charge is 0.0522 e. The highest BCUT2D eigenvalue weighted by Crippen LogP contribution is 2.01. The van der Waals surface area contributed by atoms with Crippen molar-refractivity contribution in [3.05, 3.63) is 0 Å². The third kappa shape index (κ3) is 6.31. The number of rotatable bonds is 2. The molecule has 0 aliphatic carbocycles. The first kappa shape index (κ1) is 7.31. The minimum absolute atomic E-state index is 0.201. The Morgan fingerprint density at radius 1 is 1.57 bits per heavy atom. The van der Waals surface area contributed by atoms with Crippen LogP contribution in [-0.4, -0.2) is 16.5 Å². The van der Waals surface area contributed by atoms with Crippen LogP contribution >= 0.6 is 12.6 Å². The number of thiol groups is 1. The number of hydrogen-bond donors (Lipinski definition) is 2. The molecule has 0 aromatic carbocycles. The van der Waals surface area contributed by atoms with Gasteiger partial charge in [0.05, 0.1) is 6.10 Å². The zero-order chi connectivity index (χ0) is 5.86. The van der Waals surface area contributed by atoms with E-state index in [4.69, 9.17) is 5.11 Å². The third-order valence-corrected chi connectivity index (χ3v) is 0.893. The molecule has 0 spiro atoms. The van der Waals surface area contributed by atoms with Crippen molar-refractivity contribution >= 4 is 12.6 Å². The Bertz CT molecular complexity index is 37.3. The molecule has 44 valence electrons. The summed E-state index contributed by atoms with van der Waals surface area (Å²) in [7, 11) is 0. The monoisotopic (exact) mass is 120 g/mol. The first-order chi connectivity index (χ1) is 3.13. The molecule has 0 saturated heterocycles. The Hall–Kier alpha value is 0.310. The molecule has 2 atom stereocenters. The van der Waals surface area contributed by atoms with Crippen molar-refractivity contribution in [2.45, 2.75) is 31.6 Å². The maximum atomic E-state index is 8.67. The molecule has 0 aromatic heterocycles. The van der Waals surface area contributed by atoms with E-state index in [0.29, 0.717) is 5.25 Å². The predicted molar refractivity (Wildman–Crippen MR) is 34.7 cm³/mol. The lowest BCUT2D eigenvalue weighted by Gasteiger charge is -2.04. The van der Waals surface area contributed by atoms with E-state index in [-0.39, 0.29) is 6.10 Å². The van der Waals surface area contributed by atoms with Gasteiger partial charge in [0.1, 0.15) is 0 Å². The highest BCUT2D eigenvalue weighted by Gasteiger charge is 1.98. The fourth-order valence-corrected chi connectivity index (χ4v) is 0.799. The molecular formula is C5H12OS. The third-order valence-electron chi connectivity index (χ3n) is 0.682. The first-order valence-corrected chi connectivity index (χ1v) is 3.00. The van der Waals surface area contributed by atoms with Crippen LogP contribution in [0.25, 0.3) is 0 Å². The minimum atomic E-state index is -0.201. The lowest BCUT2D eigenvalue weighted by Crippen LogP contribution is -2.05. The van der Waals surface area contributed by atoms with E-state index >= 15 is 0 Å². The molecule has 1 nitrogen and oxygen atoms in total. The van der Waals surface area contributed by atoms with Crippen molar-refractivity contribution in [2.24, 2.45) is 0 Å². The van der Waals surface area contributed by atoms with Crippen molar-refractivity contribution in [1.82, 2.24) is 0 Å². The van der Waals surface area contributed by atoms with Gasteiger partial charge in [0, 0.05) is 5.25 Å². The summed E-state index contributed by atoms with van der Waals surface area (Å²) < 4.78 is 0. The molecule has 0 bridgehead atoms. The standard InChI is InChI=1S/C5H12OS/c1-4(6)3-5(2)7/h4-7H,3H2,1-2H3. The fourth-order valence-electron chi connectivity index (χ4n) is 0.494. The van der Waals surface area contributed by atoms with Crippen molar-refractivity contribution in [1.29, 1.82) is 0 Å². The van der Waals surface area contributed by atoms with Gasteiger partial charge in [0.15, 0.2) is 0 Å². The second kappa shape index (κ2) is 3.33. The van der Waals surface area contributed by atoms with Crippen molar-refractivity contribution in [2.75, 3.05) is 0 Å². The summed E-state index contributed by atoms with van der Waals surface area (Å²) in [6.45, 7) is 3.74. The van der Waals surface area contributed by atoms with E-state index in [1.165, 1.54) is 0 Å². The summed E-state index contributed by atoms with van der Waals surface area (Å²) in [5, 5.41) is 8.99. The van der Waals surface area contributed by atoms with E-state index < -0.39 is 0 Å². The van der Waals surface area contributed by atoms with Gasteiger partial charge in [0.25, 0.3) is 0 Å². The van der Waals surface area contributed by atoms with Crippen LogP contribution in [0, 0.1) is 0 Å². The maximum Gasteiger partial charge on any atom is 0.0522 e. The van der Waals surface area contributed by atoms with Crippen LogP contribution in [0.1, 0.15) is 20.3 Å². The Kier molecular flexibility index (Phi) is 3.48. The van der Waals surface area contributed by atoms with Crippen LogP contribution in [0.15, 0.2) is 0 Å². The molecule has 2 heteroatoms. The molecule has 0 heterocycles. The van der Waals surface area contributed by atoms with Crippen molar-refractivity contribution < 1.29 is 5.11 Å². The summed E-state index contributed by atoms with van der Waals surface area (Å²) in [6, 6.07) is 0. The second-order valence-corrected chi connectivity index (χ2v) is 2.82. The highest BCUT2D eigenvalue weighted by atomic mass is 32.1. The van der Waals surface area contributed by atoms with Crippen LogP contribution in [-0.2, 0) is 0 Å². The summed E-state index contributed by atoms with van der Waals surface area (Å²) in [5.41, 5.74) is 0. The molecular weight excluding hydrogens is 108 g/mol. The van der Waals surface area contributed by atoms with Crippen LogP contribution in [0.3, 0.4) is 0 Å². The Morgan fingerprint density at radius 2 is 2.00 bits per heavy atom. The SMILES string of the molecule is CC(O)CC(C)S. The molecule has 0 saturated carbocycles. The molecule has 0 fully saturated rings. The van der Waals surface area contributed by atoms with Crippen molar-refractivity contribution in [3.63, 3.8) is 0 Å². The average molecular weight is 120 g/mol. The van der Waals surface area contributed by atoms with Gasteiger partial charge in [-0.1, -0.05) is 6.92 Å². The topological polar surface area (TPSA) is 20.2 Å². The van der Waals surface area contributed by atoms with Gasteiger partial charge < -0.3 is 5.11 Å². The Labute approximate surface area is 50.1 Å². The molecule has 0 aliphatic rings. The first-order valence-electron chi connectivity index (χ1n) is 2.49. The lowest BCUT2D eigenvalue weighted by atomic mass is 10.2. The molecule has 0 amide bonds. The van der Waals surface area contributed by atoms with Gasteiger partial charge in [-0.25, -0.2) is 0 Å². The maximum absolute atomic E-state index is 8.67. The lowest BCUT2D eigenvalue weighted by molar-refractivity contribution is 0.185. The molecule has 7 heavy (non-hydrogen) atoms. The van der Waals surface area contributed by atoms with E-state index in [1.54, 1.807) is 6.92 Å². The zero-order valence-electron chi connectivity index (χ0n) is 4.76. The molecule has 0 aliphatic heterocycles. The van der Waals surface area contributed by atoms with Crippen LogP contribution in [0.4, 0.5) is 0 Å². The highest BCUT2D eigenvalue weighted by molar-refractivity contribution is 7.80. The molecule has 2 unspecified atom stereocenters. The summed E-state index contributed by atoms with van der Waals surface area (Å²) in [4.78, 5) is 0. The number of hydrogen-bond acceptors (Lipinski definition) is 2. The van der Waals surface area contributed by atoms with Gasteiger partial charge in [-0.05, 0) is 13.3 Å².